The molecule has 8 heteroatoms. The van der Waals surface area contributed by atoms with E-state index in [1.54, 1.807) is 20.8 Å². The molecule has 0 unspecified atom stereocenters. The average Bonchev–Trinajstić information content (AvgIpc) is 3.01. The van der Waals surface area contributed by atoms with Gasteiger partial charge in [0.15, 0.2) is 5.60 Å². The van der Waals surface area contributed by atoms with E-state index in [1.807, 2.05) is 0 Å². The lowest BCUT2D eigenvalue weighted by atomic mass is 10.2. The van der Waals surface area contributed by atoms with Gasteiger partial charge in [0.2, 0.25) is 0 Å². The summed E-state index contributed by atoms with van der Waals surface area (Å²) in [6.07, 6.45) is 1.72. The van der Waals surface area contributed by atoms with Gasteiger partial charge in [-0.1, -0.05) is 0 Å². The van der Waals surface area contributed by atoms with Crippen LogP contribution in [-0.4, -0.2) is 52.5 Å². The first-order valence-corrected chi connectivity index (χ1v) is 8.13. The number of carbonyl (C=O) groups is 3. The van der Waals surface area contributed by atoms with E-state index in [-0.39, 0.29) is 5.84 Å². The monoisotopic (exact) mass is 339 g/mol. The maximum atomic E-state index is 12.3. The van der Waals surface area contributed by atoms with Gasteiger partial charge in [0.1, 0.15) is 11.4 Å². The normalized spacial score (nSPS) is 21.8. The molecular formula is C16H25N3O5. The molecule has 1 saturated heterocycles. The SMILES string of the molecule is CC(=O)OC1(C(=O)NC(=N)[C@@H]2CCCN2C(=O)OC(C)(C)C)CC1. The van der Waals surface area contributed by atoms with Gasteiger partial charge in [-0.3, -0.25) is 19.9 Å². The quantitative estimate of drug-likeness (QED) is 0.461. The summed E-state index contributed by atoms with van der Waals surface area (Å²) in [5, 5.41) is 10.6. The van der Waals surface area contributed by atoms with Gasteiger partial charge >= 0.3 is 12.1 Å². The highest BCUT2D eigenvalue weighted by Gasteiger charge is 2.54. The highest BCUT2D eigenvalue weighted by Crippen LogP contribution is 2.40. The van der Waals surface area contributed by atoms with Crippen LogP contribution in [0.3, 0.4) is 0 Å². The fourth-order valence-corrected chi connectivity index (χ4v) is 2.69. The second kappa shape index (κ2) is 6.41. The molecule has 24 heavy (non-hydrogen) atoms. The second-order valence-electron chi connectivity index (χ2n) is 7.29. The Labute approximate surface area is 141 Å². The maximum absolute atomic E-state index is 12.3. The third kappa shape index (κ3) is 4.24. The van der Waals surface area contributed by atoms with Crippen molar-refractivity contribution in [1.29, 1.82) is 5.41 Å². The van der Waals surface area contributed by atoms with Crippen LogP contribution in [0.5, 0.6) is 0 Å². The van der Waals surface area contributed by atoms with E-state index in [9.17, 15) is 14.4 Å². The van der Waals surface area contributed by atoms with Gasteiger partial charge in [-0.05, 0) is 33.6 Å². The molecule has 1 heterocycles. The van der Waals surface area contributed by atoms with Crippen molar-refractivity contribution in [3.63, 3.8) is 0 Å². The maximum Gasteiger partial charge on any atom is 0.410 e. The molecule has 1 saturated carbocycles. The Morgan fingerprint density at radius 2 is 1.88 bits per heavy atom. The average molecular weight is 339 g/mol. The lowest BCUT2D eigenvalue weighted by Crippen LogP contribution is -2.51. The van der Waals surface area contributed by atoms with E-state index in [0.717, 1.165) is 6.42 Å². The van der Waals surface area contributed by atoms with Crippen molar-refractivity contribution >= 4 is 23.8 Å². The van der Waals surface area contributed by atoms with Crippen molar-refractivity contribution in [2.45, 2.75) is 70.6 Å². The van der Waals surface area contributed by atoms with Crippen LogP contribution >= 0.6 is 0 Å². The number of hydrogen-bond donors (Lipinski definition) is 2. The van der Waals surface area contributed by atoms with Crippen molar-refractivity contribution in [3.8, 4) is 0 Å². The predicted molar refractivity (Wildman–Crippen MR) is 85.6 cm³/mol. The van der Waals surface area contributed by atoms with E-state index >= 15 is 0 Å². The van der Waals surface area contributed by atoms with E-state index in [2.05, 4.69) is 5.32 Å². The van der Waals surface area contributed by atoms with Crippen molar-refractivity contribution in [1.82, 2.24) is 10.2 Å². The lowest BCUT2D eigenvalue weighted by Gasteiger charge is -2.29. The summed E-state index contributed by atoms with van der Waals surface area (Å²) in [5.74, 6) is -1.09. The molecule has 2 aliphatic rings. The highest BCUT2D eigenvalue weighted by atomic mass is 16.6. The molecular weight excluding hydrogens is 314 g/mol. The van der Waals surface area contributed by atoms with Crippen LogP contribution in [0.1, 0.15) is 53.4 Å². The molecule has 2 amide bonds. The molecule has 0 aromatic carbocycles. The Morgan fingerprint density at radius 1 is 1.25 bits per heavy atom. The fourth-order valence-electron chi connectivity index (χ4n) is 2.69. The van der Waals surface area contributed by atoms with Crippen LogP contribution in [-0.2, 0) is 19.1 Å². The third-order valence-electron chi connectivity index (χ3n) is 3.92. The van der Waals surface area contributed by atoms with Crippen LogP contribution in [0, 0.1) is 5.41 Å². The zero-order valence-corrected chi connectivity index (χ0v) is 14.6. The number of carbonyl (C=O) groups excluding carboxylic acids is 3. The number of nitrogens with one attached hydrogen (secondary N) is 2. The van der Waals surface area contributed by atoms with Gasteiger partial charge in [0, 0.05) is 26.3 Å². The molecule has 0 aromatic heterocycles. The number of nitrogens with zero attached hydrogens (tertiary/aromatic N) is 1. The molecule has 2 N–H and O–H groups in total. The number of likely N-dealkylation sites (tertiary alicyclic amines) is 1. The zero-order valence-electron chi connectivity index (χ0n) is 14.6. The zero-order chi connectivity index (χ0) is 18.1. The number of rotatable bonds is 3. The highest BCUT2D eigenvalue weighted by molar-refractivity contribution is 6.05. The summed E-state index contributed by atoms with van der Waals surface area (Å²) in [6, 6.07) is -0.531. The van der Waals surface area contributed by atoms with Crippen LogP contribution in [0.2, 0.25) is 0 Å². The molecule has 1 aliphatic carbocycles. The molecule has 134 valence electrons. The van der Waals surface area contributed by atoms with Gasteiger partial charge in [0.05, 0.1) is 6.04 Å². The van der Waals surface area contributed by atoms with Crippen LogP contribution in [0.25, 0.3) is 0 Å². The number of ether oxygens (including phenoxy) is 2. The van der Waals surface area contributed by atoms with Gasteiger partial charge in [0.25, 0.3) is 5.91 Å². The second-order valence-corrected chi connectivity index (χ2v) is 7.29. The van der Waals surface area contributed by atoms with Crippen molar-refractivity contribution in [2.24, 2.45) is 0 Å². The summed E-state index contributed by atoms with van der Waals surface area (Å²) >= 11 is 0. The minimum absolute atomic E-state index is 0.0678. The summed E-state index contributed by atoms with van der Waals surface area (Å²) in [4.78, 5) is 37.1. The molecule has 1 aliphatic heterocycles. The van der Waals surface area contributed by atoms with Crippen LogP contribution in [0.4, 0.5) is 4.79 Å². The van der Waals surface area contributed by atoms with Crippen molar-refractivity contribution < 1.29 is 23.9 Å². The summed E-state index contributed by atoms with van der Waals surface area (Å²) < 4.78 is 10.4. The molecule has 2 rings (SSSR count). The van der Waals surface area contributed by atoms with E-state index < -0.39 is 35.2 Å². The Balaban J connectivity index is 1.97. The Bertz CT molecular complexity index is 563. The Hall–Kier alpha value is -2.12. The van der Waals surface area contributed by atoms with Crippen LogP contribution < -0.4 is 5.32 Å². The molecule has 0 aromatic rings. The summed E-state index contributed by atoms with van der Waals surface area (Å²) in [7, 11) is 0. The number of hydrogen-bond acceptors (Lipinski definition) is 6. The van der Waals surface area contributed by atoms with Gasteiger partial charge in [-0.15, -0.1) is 0 Å². The fraction of sp³-hybridized carbons (Fsp3) is 0.750. The molecule has 8 nitrogen and oxygen atoms in total. The third-order valence-corrected chi connectivity index (χ3v) is 3.92. The summed E-state index contributed by atoms with van der Waals surface area (Å²) in [6.45, 7) is 7.06. The first-order valence-electron chi connectivity index (χ1n) is 8.13. The summed E-state index contributed by atoms with van der Waals surface area (Å²) in [5.41, 5.74) is -1.77. The predicted octanol–water partition coefficient (Wildman–Crippen LogP) is 1.58. The number of amidine groups is 1. The van der Waals surface area contributed by atoms with E-state index in [4.69, 9.17) is 14.9 Å². The standard InChI is InChI=1S/C16H25N3O5/c1-10(20)23-16(7-8-16)13(21)18-12(17)11-6-5-9-19(11)14(22)24-15(2,3)4/h11H,5-9H2,1-4H3,(H2,17,18,21)/t11-/m0/s1. The minimum Gasteiger partial charge on any atom is -0.449 e. The first-order chi connectivity index (χ1) is 11.0. The van der Waals surface area contributed by atoms with Gasteiger partial charge in [-0.2, -0.15) is 0 Å². The Kier molecular flexibility index (Phi) is 4.87. The first kappa shape index (κ1) is 18.2. The molecule has 1 atom stereocenters. The smallest absolute Gasteiger partial charge is 0.410 e. The van der Waals surface area contributed by atoms with Crippen LogP contribution in [0.15, 0.2) is 0 Å². The molecule has 2 fully saturated rings. The van der Waals surface area contributed by atoms with E-state index in [1.165, 1.54) is 11.8 Å². The topological polar surface area (TPSA) is 109 Å². The van der Waals surface area contributed by atoms with Crippen molar-refractivity contribution in [2.75, 3.05) is 6.54 Å². The number of amides is 2. The molecule has 0 spiro atoms. The lowest BCUT2D eigenvalue weighted by molar-refractivity contribution is -0.156. The number of esters is 1. The van der Waals surface area contributed by atoms with Gasteiger partial charge in [-0.25, -0.2) is 4.79 Å². The van der Waals surface area contributed by atoms with E-state index in [0.29, 0.717) is 25.8 Å². The molecule has 0 radical (unpaired) electrons. The molecule has 0 bridgehead atoms. The largest absolute Gasteiger partial charge is 0.449 e. The van der Waals surface area contributed by atoms with Crippen molar-refractivity contribution in [3.05, 3.63) is 0 Å². The Morgan fingerprint density at radius 3 is 2.38 bits per heavy atom. The van der Waals surface area contributed by atoms with Gasteiger partial charge < -0.3 is 14.8 Å². The minimum atomic E-state index is -1.15.